The molecule has 1 heterocycles. The minimum Gasteiger partial charge on any atom is -0.324 e. The van der Waals surface area contributed by atoms with E-state index in [4.69, 9.17) is 23.2 Å². The van der Waals surface area contributed by atoms with Crippen LogP contribution >= 0.6 is 35.0 Å². The second kappa shape index (κ2) is 9.78. The number of aromatic nitrogens is 2. The molecule has 0 aliphatic heterocycles. The van der Waals surface area contributed by atoms with E-state index in [-0.39, 0.29) is 21.6 Å². The lowest BCUT2D eigenvalue weighted by atomic mass is 10.1. The Morgan fingerprint density at radius 1 is 0.909 bits per heavy atom. The van der Waals surface area contributed by atoms with Crippen LogP contribution in [0.25, 0.3) is 11.3 Å². The highest BCUT2D eigenvalue weighted by atomic mass is 35.5. The number of rotatable bonds is 5. The van der Waals surface area contributed by atoms with Crippen LogP contribution in [-0.4, -0.2) is 21.6 Å². The fourth-order valence-electron chi connectivity index (χ4n) is 2.52. The monoisotopic (exact) mass is 525 g/mol. The first kappa shape index (κ1) is 25.1. The number of thioether (sulfide) groups is 1. The van der Waals surface area contributed by atoms with E-state index in [2.05, 4.69) is 15.3 Å². The molecule has 0 bridgehead atoms. The van der Waals surface area contributed by atoms with E-state index in [0.717, 1.165) is 18.2 Å². The number of nitrogens with zero attached hydrogens (tertiary/aromatic N) is 2. The molecule has 0 radical (unpaired) electrons. The van der Waals surface area contributed by atoms with Crippen LogP contribution in [0, 0.1) is 0 Å². The van der Waals surface area contributed by atoms with E-state index in [9.17, 15) is 31.1 Å². The maximum absolute atomic E-state index is 13.3. The first-order valence-corrected chi connectivity index (χ1v) is 10.6. The van der Waals surface area contributed by atoms with Crippen molar-refractivity contribution >= 4 is 46.6 Å². The molecule has 0 unspecified atom stereocenters. The van der Waals surface area contributed by atoms with Gasteiger partial charge in [-0.05, 0) is 36.4 Å². The van der Waals surface area contributed by atoms with Crippen LogP contribution in [0.4, 0.5) is 32.0 Å². The molecule has 1 N–H and O–H groups in total. The van der Waals surface area contributed by atoms with Gasteiger partial charge in [-0.2, -0.15) is 26.3 Å². The Balaban J connectivity index is 1.80. The van der Waals surface area contributed by atoms with Crippen LogP contribution in [0.2, 0.25) is 10.0 Å². The molecule has 0 aliphatic rings. The SMILES string of the molecule is O=C(CSc1nc(-c2ccc(Cl)cc2)cc(C(F)(F)F)n1)Nc1cc(C(F)(F)F)ccc1Cl. The molecule has 0 saturated carbocycles. The number of amides is 1. The largest absolute Gasteiger partial charge is 0.433 e. The number of halogens is 8. The van der Waals surface area contributed by atoms with E-state index >= 15 is 0 Å². The van der Waals surface area contributed by atoms with E-state index < -0.39 is 35.3 Å². The number of alkyl halides is 6. The Morgan fingerprint density at radius 2 is 1.58 bits per heavy atom. The van der Waals surface area contributed by atoms with Gasteiger partial charge in [0.05, 0.1) is 27.7 Å². The predicted molar refractivity (Wildman–Crippen MR) is 113 cm³/mol. The normalized spacial score (nSPS) is 12.0. The van der Waals surface area contributed by atoms with Crippen molar-refractivity contribution in [3.63, 3.8) is 0 Å². The number of hydrogen-bond acceptors (Lipinski definition) is 4. The Bertz CT molecular complexity index is 1170. The molecule has 13 heteroatoms. The maximum Gasteiger partial charge on any atom is 0.433 e. The maximum atomic E-state index is 13.3. The van der Waals surface area contributed by atoms with Gasteiger partial charge in [-0.3, -0.25) is 4.79 Å². The van der Waals surface area contributed by atoms with Crippen molar-refractivity contribution in [2.45, 2.75) is 17.5 Å². The van der Waals surface area contributed by atoms with E-state index in [1.807, 2.05) is 0 Å². The average Bonchev–Trinajstić information content (AvgIpc) is 2.73. The molecule has 33 heavy (non-hydrogen) atoms. The fourth-order valence-corrected chi connectivity index (χ4v) is 3.47. The Morgan fingerprint density at radius 3 is 2.18 bits per heavy atom. The summed E-state index contributed by atoms with van der Waals surface area (Å²) in [4.78, 5) is 19.7. The highest BCUT2D eigenvalue weighted by molar-refractivity contribution is 7.99. The zero-order valence-corrected chi connectivity index (χ0v) is 18.4. The van der Waals surface area contributed by atoms with Gasteiger partial charge in [-0.1, -0.05) is 47.1 Å². The smallest absolute Gasteiger partial charge is 0.324 e. The lowest BCUT2D eigenvalue weighted by Crippen LogP contribution is -2.16. The molecule has 1 amide bonds. The van der Waals surface area contributed by atoms with Gasteiger partial charge in [0.15, 0.2) is 5.16 Å². The second-order valence-electron chi connectivity index (χ2n) is 6.45. The predicted octanol–water partition coefficient (Wildman–Crippen LogP) is 7.22. The third-order valence-electron chi connectivity index (χ3n) is 4.04. The van der Waals surface area contributed by atoms with Gasteiger partial charge < -0.3 is 5.32 Å². The molecular weight excluding hydrogens is 515 g/mol. The van der Waals surface area contributed by atoms with Crippen molar-refractivity contribution < 1.29 is 31.1 Å². The molecule has 2 aromatic carbocycles. The summed E-state index contributed by atoms with van der Waals surface area (Å²) in [6.07, 6.45) is -9.42. The van der Waals surface area contributed by atoms with Crippen LogP contribution < -0.4 is 5.32 Å². The summed E-state index contributed by atoms with van der Waals surface area (Å²) in [6.45, 7) is 0. The first-order valence-electron chi connectivity index (χ1n) is 8.84. The molecule has 0 saturated heterocycles. The molecule has 4 nitrogen and oxygen atoms in total. The Labute approximate surface area is 197 Å². The third-order valence-corrected chi connectivity index (χ3v) is 5.47. The highest BCUT2D eigenvalue weighted by Gasteiger charge is 2.34. The van der Waals surface area contributed by atoms with Crippen LogP contribution in [0.5, 0.6) is 0 Å². The van der Waals surface area contributed by atoms with E-state index in [1.165, 1.54) is 24.3 Å². The van der Waals surface area contributed by atoms with Crippen molar-refractivity contribution in [2.75, 3.05) is 11.1 Å². The van der Waals surface area contributed by atoms with Gasteiger partial charge in [-0.25, -0.2) is 9.97 Å². The molecule has 1 aromatic heterocycles. The molecule has 0 fully saturated rings. The summed E-state index contributed by atoms with van der Waals surface area (Å²) >= 11 is 12.2. The van der Waals surface area contributed by atoms with Crippen LogP contribution in [0.1, 0.15) is 11.3 Å². The second-order valence-corrected chi connectivity index (χ2v) is 8.24. The van der Waals surface area contributed by atoms with Crippen molar-refractivity contribution in [3.8, 4) is 11.3 Å². The quantitative estimate of drug-likeness (QED) is 0.217. The molecule has 3 aromatic rings. The summed E-state index contributed by atoms with van der Waals surface area (Å²) in [5.74, 6) is -1.29. The molecule has 174 valence electrons. The van der Waals surface area contributed by atoms with Gasteiger partial charge in [-0.15, -0.1) is 0 Å². The van der Waals surface area contributed by atoms with Gasteiger partial charge >= 0.3 is 12.4 Å². The number of anilines is 1. The number of nitrogens with one attached hydrogen (secondary N) is 1. The van der Waals surface area contributed by atoms with E-state index in [0.29, 0.717) is 28.4 Å². The van der Waals surface area contributed by atoms with Crippen molar-refractivity contribution in [3.05, 3.63) is 69.8 Å². The summed E-state index contributed by atoms with van der Waals surface area (Å²) in [7, 11) is 0. The molecule has 0 aliphatic carbocycles. The zero-order chi connectivity index (χ0) is 24.4. The molecule has 3 rings (SSSR count). The topological polar surface area (TPSA) is 54.9 Å². The first-order chi connectivity index (χ1) is 15.3. The van der Waals surface area contributed by atoms with Crippen LogP contribution in [-0.2, 0) is 17.1 Å². The highest BCUT2D eigenvalue weighted by Crippen LogP contribution is 2.35. The van der Waals surface area contributed by atoms with Crippen LogP contribution in [0.15, 0.2) is 53.7 Å². The molecule has 0 atom stereocenters. The lowest BCUT2D eigenvalue weighted by Gasteiger charge is -2.12. The minimum absolute atomic E-state index is 0.0437. The summed E-state index contributed by atoms with van der Waals surface area (Å²) in [5.41, 5.74) is -2.23. The Kier molecular flexibility index (Phi) is 7.45. The third kappa shape index (κ3) is 6.75. The van der Waals surface area contributed by atoms with E-state index in [1.54, 1.807) is 0 Å². The number of carbonyl (C=O) groups is 1. The van der Waals surface area contributed by atoms with Crippen molar-refractivity contribution in [1.82, 2.24) is 9.97 Å². The zero-order valence-electron chi connectivity index (χ0n) is 16.1. The van der Waals surface area contributed by atoms with Gasteiger partial charge in [0, 0.05) is 10.6 Å². The van der Waals surface area contributed by atoms with Gasteiger partial charge in [0.1, 0.15) is 5.69 Å². The number of benzene rings is 2. The average molecular weight is 526 g/mol. The molecular formula is C20H11Cl2F6N3OS. The van der Waals surface area contributed by atoms with Gasteiger partial charge in [0.2, 0.25) is 5.91 Å². The number of hydrogen-bond donors (Lipinski definition) is 1. The summed E-state index contributed by atoms with van der Waals surface area (Å²) in [5, 5.41) is 2.10. The van der Waals surface area contributed by atoms with Crippen LogP contribution in [0.3, 0.4) is 0 Å². The van der Waals surface area contributed by atoms with Gasteiger partial charge in [0.25, 0.3) is 0 Å². The summed E-state index contributed by atoms with van der Waals surface area (Å²) < 4.78 is 78.5. The van der Waals surface area contributed by atoms with Crippen molar-refractivity contribution in [1.29, 1.82) is 0 Å². The standard InChI is InChI=1S/C20H11Cl2F6N3OS/c21-12-4-1-10(2-5-12)14-8-16(20(26,27)28)31-18(30-14)33-9-17(32)29-15-7-11(19(23,24)25)3-6-13(15)22/h1-8H,9H2,(H,29,32). The summed E-state index contributed by atoms with van der Waals surface area (Å²) in [6, 6.07) is 9.04. The lowest BCUT2D eigenvalue weighted by molar-refractivity contribution is -0.141. The molecule has 0 spiro atoms. The number of carbonyl (C=O) groups excluding carboxylic acids is 1. The Hall–Kier alpha value is -2.50. The minimum atomic E-state index is -4.77. The van der Waals surface area contributed by atoms with Crippen molar-refractivity contribution in [2.24, 2.45) is 0 Å². The fraction of sp³-hybridized carbons (Fsp3) is 0.150.